The van der Waals surface area contributed by atoms with E-state index in [-0.39, 0.29) is 17.8 Å². The van der Waals surface area contributed by atoms with Crippen molar-refractivity contribution in [2.75, 3.05) is 6.61 Å². The molecular formula is C40H54O2. The van der Waals surface area contributed by atoms with E-state index in [4.69, 9.17) is 0 Å². The molecule has 0 spiro atoms. The molecule has 0 aliphatic heterocycles. The second-order valence-corrected chi connectivity index (χ2v) is 12.0. The normalized spacial score (nSPS) is 20.5. The van der Waals surface area contributed by atoms with E-state index < -0.39 is 0 Å². The molecule has 2 heteroatoms. The van der Waals surface area contributed by atoms with Crippen molar-refractivity contribution in [1.82, 2.24) is 0 Å². The van der Waals surface area contributed by atoms with E-state index in [1.807, 2.05) is 39.0 Å². The molecule has 42 heavy (non-hydrogen) atoms. The van der Waals surface area contributed by atoms with Crippen LogP contribution >= 0.6 is 0 Å². The van der Waals surface area contributed by atoms with Gasteiger partial charge in [-0.2, -0.15) is 0 Å². The minimum Gasteiger partial charge on any atom is -0.395 e. The van der Waals surface area contributed by atoms with Crippen LogP contribution in [0.1, 0.15) is 88.0 Å². The zero-order chi connectivity index (χ0) is 31.5. The van der Waals surface area contributed by atoms with Crippen LogP contribution in [0.2, 0.25) is 0 Å². The molecule has 0 fully saturated rings. The summed E-state index contributed by atoms with van der Waals surface area (Å²) in [7, 11) is 0. The highest BCUT2D eigenvalue weighted by Gasteiger charge is 2.34. The van der Waals surface area contributed by atoms with Gasteiger partial charge < -0.3 is 5.11 Å². The summed E-state index contributed by atoms with van der Waals surface area (Å²) in [5.74, 6) is 0.178. The average Bonchev–Trinajstić information content (AvgIpc) is 2.93. The van der Waals surface area contributed by atoms with Gasteiger partial charge >= 0.3 is 0 Å². The number of carbonyl (C=O) groups is 1. The Hall–Kier alpha value is -3.49. The van der Waals surface area contributed by atoms with E-state index in [1.165, 1.54) is 22.3 Å². The summed E-state index contributed by atoms with van der Waals surface area (Å²) in [6.07, 6.45) is 37.0. The van der Waals surface area contributed by atoms with Gasteiger partial charge in [0, 0.05) is 11.8 Å². The minimum atomic E-state index is -0.353. The van der Waals surface area contributed by atoms with Gasteiger partial charge in [-0.3, -0.25) is 4.79 Å². The maximum Gasteiger partial charge on any atom is 0.158 e. The van der Waals surface area contributed by atoms with E-state index in [2.05, 4.69) is 121 Å². The highest BCUT2D eigenvalue weighted by Crippen LogP contribution is 2.39. The van der Waals surface area contributed by atoms with E-state index in [9.17, 15) is 9.90 Å². The van der Waals surface area contributed by atoms with Crippen molar-refractivity contribution in [2.24, 2.45) is 5.41 Å². The number of Topliss-reactive ketones (excluding diaryl/α,β-unsaturated/α-hetero) is 1. The first kappa shape index (κ1) is 36.5. The highest BCUT2D eigenvalue weighted by atomic mass is 16.3. The van der Waals surface area contributed by atoms with Gasteiger partial charge in [0.25, 0.3) is 0 Å². The number of aliphatic hydroxyl groups excluding tert-OH is 1. The van der Waals surface area contributed by atoms with E-state index in [1.54, 1.807) is 0 Å². The second-order valence-electron chi connectivity index (χ2n) is 12.0. The summed E-state index contributed by atoms with van der Waals surface area (Å²) in [6.45, 7) is 18.7. The Morgan fingerprint density at radius 2 is 1.21 bits per heavy atom. The van der Waals surface area contributed by atoms with Crippen LogP contribution in [0.25, 0.3) is 0 Å². The van der Waals surface area contributed by atoms with Gasteiger partial charge in [-0.25, -0.2) is 0 Å². The lowest BCUT2D eigenvalue weighted by atomic mass is 9.71. The third kappa shape index (κ3) is 14.9. The molecule has 0 saturated carbocycles. The zero-order valence-corrected chi connectivity index (χ0v) is 27.6. The van der Waals surface area contributed by atoms with E-state index >= 15 is 0 Å². The molecule has 0 aromatic carbocycles. The first-order valence-electron chi connectivity index (χ1n) is 15.1. The lowest BCUT2D eigenvalue weighted by Crippen LogP contribution is -2.30. The predicted molar refractivity (Wildman–Crippen MR) is 185 cm³/mol. The van der Waals surface area contributed by atoms with Crippen LogP contribution in [0, 0.1) is 5.41 Å². The number of carbonyl (C=O) groups excluding carboxylic acids is 1. The van der Waals surface area contributed by atoms with Crippen LogP contribution < -0.4 is 0 Å². The second kappa shape index (κ2) is 19.6. The number of hydrogen-bond acceptors (Lipinski definition) is 2. The molecule has 2 nitrogen and oxygen atoms in total. The largest absolute Gasteiger partial charge is 0.395 e. The van der Waals surface area contributed by atoms with Gasteiger partial charge in [0.2, 0.25) is 0 Å². The summed E-state index contributed by atoms with van der Waals surface area (Å²) in [5.41, 5.74) is 8.77. The number of ketones is 1. The molecule has 0 aromatic rings. The van der Waals surface area contributed by atoms with Gasteiger partial charge in [0.1, 0.15) is 0 Å². The molecule has 1 atom stereocenters. The van der Waals surface area contributed by atoms with Crippen molar-refractivity contribution in [3.8, 4) is 0 Å². The number of hydrogen-bond donors (Lipinski definition) is 1. The van der Waals surface area contributed by atoms with Gasteiger partial charge in [0.05, 0.1) is 6.61 Å². The number of aliphatic hydroxyl groups is 1. The Morgan fingerprint density at radius 1 is 0.738 bits per heavy atom. The monoisotopic (exact) mass is 566 g/mol. The quantitative estimate of drug-likeness (QED) is 0.168. The SMILES string of the molecule is CC(C)=CCC/C(C)=C/C=C/C(C)=C/C=C/C(C)=C/C=C/C=C(C)/C=C/C=C(C)/C=C/C1=C(C)C(=O)CC[C@]1(C)CO. The fraction of sp³-hybridized carbons (Fsp3) is 0.375. The van der Waals surface area contributed by atoms with Gasteiger partial charge in [-0.05, 0) is 85.8 Å². The lowest BCUT2D eigenvalue weighted by Gasteiger charge is -2.34. The Kier molecular flexibility index (Phi) is 17.0. The maximum atomic E-state index is 12.2. The fourth-order valence-corrected chi connectivity index (χ4v) is 4.40. The van der Waals surface area contributed by atoms with Crippen molar-refractivity contribution < 1.29 is 9.90 Å². The maximum absolute atomic E-state index is 12.2. The average molecular weight is 567 g/mol. The van der Waals surface area contributed by atoms with Crippen molar-refractivity contribution in [2.45, 2.75) is 88.0 Å². The molecule has 0 amide bonds. The van der Waals surface area contributed by atoms with Crippen LogP contribution in [0.4, 0.5) is 0 Å². The Morgan fingerprint density at radius 3 is 1.71 bits per heavy atom. The molecule has 0 radical (unpaired) electrons. The van der Waals surface area contributed by atoms with Gasteiger partial charge in [-0.1, -0.05) is 138 Å². The number of rotatable bonds is 14. The van der Waals surface area contributed by atoms with E-state index in [0.717, 1.165) is 35.1 Å². The molecule has 1 rings (SSSR count). The Bertz CT molecular complexity index is 1280. The van der Waals surface area contributed by atoms with Crippen LogP contribution in [0.3, 0.4) is 0 Å². The topological polar surface area (TPSA) is 37.3 Å². The van der Waals surface area contributed by atoms with Gasteiger partial charge in [-0.15, -0.1) is 0 Å². The van der Waals surface area contributed by atoms with Crippen molar-refractivity contribution in [1.29, 1.82) is 0 Å². The number of allylic oxidation sites excluding steroid dienone is 23. The third-order valence-electron chi connectivity index (χ3n) is 7.34. The van der Waals surface area contributed by atoms with Crippen molar-refractivity contribution in [3.05, 3.63) is 142 Å². The van der Waals surface area contributed by atoms with Crippen LogP contribution in [-0.2, 0) is 4.79 Å². The molecule has 0 unspecified atom stereocenters. The fourth-order valence-electron chi connectivity index (χ4n) is 4.40. The molecule has 1 aliphatic rings. The third-order valence-corrected chi connectivity index (χ3v) is 7.34. The summed E-state index contributed by atoms with van der Waals surface area (Å²) in [5, 5.41) is 9.91. The van der Waals surface area contributed by atoms with Crippen LogP contribution in [0.5, 0.6) is 0 Å². The molecule has 226 valence electrons. The molecule has 0 bridgehead atoms. The van der Waals surface area contributed by atoms with Gasteiger partial charge in [0.15, 0.2) is 5.78 Å². The smallest absolute Gasteiger partial charge is 0.158 e. The van der Waals surface area contributed by atoms with Crippen molar-refractivity contribution >= 4 is 5.78 Å². The predicted octanol–water partition coefficient (Wildman–Crippen LogP) is 10.9. The summed E-state index contributed by atoms with van der Waals surface area (Å²) in [4.78, 5) is 12.2. The highest BCUT2D eigenvalue weighted by molar-refractivity contribution is 5.97. The van der Waals surface area contributed by atoms with Crippen LogP contribution in [-0.4, -0.2) is 17.5 Å². The van der Waals surface area contributed by atoms with Crippen molar-refractivity contribution in [3.63, 3.8) is 0 Å². The van der Waals surface area contributed by atoms with Crippen LogP contribution in [0.15, 0.2) is 142 Å². The Balaban J connectivity index is 2.65. The summed E-state index contributed by atoms with van der Waals surface area (Å²) in [6, 6.07) is 0. The minimum absolute atomic E-state index is 0.0479. The standard InChI is InChI=1S/C40H54O2/c1-31(2)16-12-19-34(5)22-14-24-35(6)23-13-20-32(3)17-10-11-18-33(4)21-15-25-36(7)26-27-38-37(8)39(42)28-29-40(38,9)30-41/h10-11,13-18,20-27,41H,12,19,28-30H2,1-9H3/b11-10+,20-13+,21-15+,24-14+,27-26+,32-17+,33-18+,34-22+,35-23+,36-25+/t40-/m1/s1. The molecule has 0 saturated heterocycles. The molecule has 1 aliphatic carbocycles. The lowest BCUT2D eigenvalue weighted by molar-refractivity contribution is -0.116. The molecule has 0 heterocycles. The zero-order valence-electron chi connectivity index (χ0n) is 27.6. The summed E-state index contributed by atoms with van der Waals surface area (Å²) < 4.78 is 0. The first-order valence-corrected chi connectivity index (χ1v) is 15.1. The van der Waals surface area contributed by atoms with E-state index in [0.29, 0.717) is 12.8 Å². The molecule has 1 N–H and O–H groups in total. The molecular weight excluding hydrogens is 512 g/mol. The first-order chi connectivity index (χ1) is 19.9. The molecule has 0 aromatic heterocycles. The summed E-state index contributed by atoms with van der Waals surface area (Å²) >= 11 is 0. The Labute approximate surface area is 257 Å².